The van der Waals surface area contributed by atoms with Crippen LogP contribution in [0.15, 0.2) is 18.2 Å². The fraction of sp³-hybridized carbons (Fsp3) is 0.538. The molecule has 2 heterocycles. The molecule has 1 aromatic rings. The Morgan fingerprint density at radius 2 is 2.00 bits per heavy atom. The summed E-state index contributed by atoms with van der Waals surface area (Å²) in [5.74, 6) is -0.146. The van der Waals surface area contributed by atoms with Gasteiger partial charge in [0.1, 0.15) is 11.5 Å². The highest BCUT2D eigenvalue weighted by Gasteiger charge is 2.33. The summed E-state index contributed by atoms with van der Waals surface area (Å²) in [5, 5.41) is 0. The van der Waals surface area contributed by atoms with Gasteiger partial charge in [0.05, 0.1) is 13.0 Å². The Bertz CT molecular complexity index is 483. The number of rotatable bonds is 2. The second-order valence-electron chi connectivity index (χ2n) is 4.66. The molecule has 0 aromatic carbocycles. The summed E-state index contributed by atoms with van der Waals surface area (Å²) in [4.78, 5) is 16.8. The zero-order valence-electron chi connectivity index (χ0n) is 11.0. The molecule has 0 unspecified atom stereocenters. The molecule has 1 fully saturated rings. The molecule has 1 saturated heterocycles. The molecule has 0 amide bonds. The number of carbonyl (C=O) groups is 1. The zero-order chi connectivity index (χ0) is 14.8. The average Bonchev–Trinajstić information content (AvgIpc) is 2.46. The normalized spacial score (nSPS) is 17.1. The van der Waals surface area contributed by atoms with Gasteiger partial charge in [-0.2, -0.15) is 13.2 Å². The molecule has 1 aliphatic heterocycles. The Morgan fingerprint density at radius 1 is 1.35 bits per heavy atom. The van der Waals surface area contributed by atoms with Gasteiger partial charge < -0.3 is 9.64 Å². The molecule has 20 heavy (non-hydrogen) atoms. The minimum absolute atomic E-state index is 0.179. The number of anilines is 1. The van der Waals surface area contributed by atoms with E-state index in [9.17, 15) is 18.0 Å². The topological polar surface area (TPSA) is 42.4 Å². The molecule has 0 atom stereocenters. The van der Waals surface area contributed by atoms with Crippen molar-refractivity contribution in [3.05, 3.63) is 23.9 Å². The van der Waals surface area contributed by atoms with Gasteiger partial charge in [0.2, 0.25) is 0 Å². The summed E-state index contributed by atoms with van der Waals surface area (Å²) >= 11 is 0. The maximum absolute atomic E-state index is 12.6. The van der Waals surface area contributed by atoms with Crippen molar-refractivity contribution in [2.45, 2.75) is 19.0 Å². The van der Waals surface area contributed by atoms with E-state index in [1.807, 2.05) is 0 Å². The Morgan fingerprint density at radius 3 is 2.55 bits per heavy atom. The van der Waals surface area contributed by atoms with Gasteiger partial charge in [0.15, 0.2) is 0 Å². The molecular formula is C13H15F3N2O2. The lowest BCUT2D eigenvalue weighted by Crippen LogP contribution is -2.37. The monoisotopic (exact) mass is 288 g/mol. The lowest BCUT2D eigenvalue weighted by molar-refractivity contribution is -0.146. The minimum atomic E-state index is -4.44. The van der Waals surface area contributed by atoms with Crippen LogP contribution in [0.5, 0.6) is 0 Å². The summed E-state index contributed by atoms with van der Waals surface area (Å²) in [6.45, 7) is 0.988. The van der Waals surface area contributed by atoms with Crippen molar-refractivity contribution in [3.63, 3.8) is 0 Å². The number of methoxy groups -OCH3 is 1. The van der Waals surface area contributed by atoms with Gasteiger partial charge in [-0.15, -0.1) is 0 Å². The first-order chi connectivity index (χ1) is 9.41. The molecule has 110 valence electrons. The fourth-order valence-corrected chi connectivity index (χ4v) is 2.27. The smallest absolute Gasteiger partial charge is 0.433 e. The molecule has 1 aliphatic rings. The van der Waals surface area contributed by atoms with Crippen molar-refractivity contribution in [2.24, 2.45) is 5.92 Å². The standard InChI is InChI=1S/C13H15F3N2O2/c1-20-12(19)9-5-7-18(8-6-9)11-4-2-3-10(17-11)13(14,15)16/h2-4,9H,5-8H2,1H3. The van der Waals surface area contributed by atoms with Crippen LogP contribution >= 0.6 is 0 Å². The fourth-order valence-electron chi connectivity index (χ4n) is 2.27. The number of ether oxygens (including phenoxy) is 1. The van der Waals surface area contributed by atoms with Crippen molar-refractivity contribution in [1.82, 2.24) is 4.98 Å². The van der Waals surface area contributed by atoms with Crippen molar-refractivity contribution >= 4 is 11.8 Å². The Hall–Kier alpha value is -1.79. The SMILES string of the molecule is COC(=O)C1CCN(c2cccc(C(F)(F)F)n2)CC1. The summed E-state index contributed by atoms with van der Waals surface area (Å²) in [6, 6.07) is 3.84. The zero-order valence-corrected chi connectivity index (χ0v) is 11.0. The van der Waals surface area contributed by atoms with Crippen LogP contribution in [0.1, 0.15) is 18.5 Å². The Kier molecular flexibility index (Phi) is 4.15. The van der Waals surface area contributed by atoms with Gasteiger partial charge in [-0.1, -0.05) is 6.07 Å². The summed E-state index contributed by atoms with van der Waals surface area (Å²) in [6.07, 6.45) is -3.32. The molecule has 4 nitrogen and oxygen atoms in total. The third-order valence-corrected chi connectivity index (χ3v) is 3.38. The van der Waals surface area contributed by atoms with Crippen molar-refractivity contribution < 1.29 is 22.7 Å². The van der Waals surface area contributed by atoms with E-state index in [1.165, 1.54) is 13.2 Å². The van der Waals surface area contributed by atoms with E-state index in [4.69, 9.17) is 0 Å². The first-order valence-corrected chi connectivity index (χ1v) is 6.29. The molecule has 0 radical (unpaired) electrons. The molecule has 0 aliphatic carbocycles. The lowest BCUT2D eigenvalue weighted by Gasteiger charge is -2.31. The summed E-state index contributed by atoms with van der Waals surface area (Å²) in [7, 11) is 1.34. The number of esters is 1. The van der Waals surface area contributed by atoms with Gasteiger partial charge in [-0.3, -0.25) is 4.79 Å². The van der Waals surface area contributed by atoms with Crippen LogP contribution in [0.3, 0.4) is 0 Å². The number of carbonyl (C=O) groups excluding carboxylic acids is 1. The van der Waals surface area contributed by atoms with Crippen LogP contribution in [0.4, 0.5) is 19.0 Å². The van der Waals surface area contributed by atoms with Crippen molar-refractivity contribution in [1.29, 1.82) is 0 Å². The number of hydrogen-bond acceptors (Lipinski definition) is 4. The predicted molar refractivity (Wildman–Crippen MR) is 66.2 cm³/mol. The molecule has 1 aromatic heterocycles. The van der Waals surface area contributed by atoms with Gasteiger partial charge in [0.25, 0.3) is 0 Å². The number of piperidine rings is 1. The second-order valence-corrected chi connectivity index (χ2v) is 4.66. The first-order valence-electron chi connectivity index (χ1n) is 6.29. The van der Waals surface area contributed by atoms with E-state index < -0.39 is 11.9 Å². The van der Waals surface area contributed by atoms with Crippen LogP contribution in [0, 0.1) is 5.92 Å². The highest BCUT2D eigenvalue weighted by molar-refractivity contribution is 5.72. The quantitative estimate of drug-likeness (QED) is 0.784. The van der Waals surface area contributed by atoms with Crippen LogP contribution in [-0.4, -0.2) is 31.2 Å². The lowest BCUT2D eigenvalue weighted by atomic mass is 9.97. The van der Waals surface area contributed by atoms with Crippen molar-refractivity contribution in [2.75, 3.05) is 25.1 Å². The maximum Gasteiger partial charge on any atom is 0.433 e. The van der Waals surface area contributed by atoms with Gasteiger partial charge in [0, 0.05) is 13.1 Å². The maximum atomic E-state index is 12.6. The van der Waals surface area contributed by atoms with E-state index in [0.29, 0.717) is 31.7 Å². The van der Waals surface area contributed by atoms with E-state index in [0.717, 1.165) is 6.07 Å². The van der Waals surface area contributed by atoms with E-state index in [-0.39, 0.29) is 11.9 Å². The van der Waals surface area contributed by atoms with Crippen molar-refractivity contribution in [3.8, 4) is 0 Å². The third kappa shape index (κ3) is 3.20. The molecule has 0 saturated carbocycles. The number of nitrogens with zero attached hydrogens (tertiary/aromatic N) is 2. The van der Waals surface area contributed by atoms with Crippen LogP contribution in [-0.2, 0) is 15.7 Å². The highest BCUT2D eigenvalue weighted by atomic mass is 19.4. The van der Waals surface area contributed by atoms with Gasteiger partial charge in [-0.25, -0.2) is 4.98 Å². The summed E-state index contributed by atoms with van der Waals surface area (Å²) in [5.41, 5.74) is -0.898. The second kappa shape index (κ2) is 5.68. The first kappa shape index (κ1) is 14.6. The number of halogens is 3. The van der Waals surface area contributed by atoms with Gasteiger partial charge in [-0.05, 0) is 25.0 Å². The molecule has 0 bridgehead atoms. The van der Waals surface area contributed by atoms with Crippen LogP contribution < -0.4 is 4.90 Å². The van der Waals surface area contributed by atoms with E-state index in [1.54, 1.807) is 11.0 Å². The number of aromatic nitrogens is 1. The molecule has 0 N–H and O–H groups in total. The predicted octanol–water partition coefficient (Wildman–Crippen LogP) is 2.49. The Balaban J connectivity index is 2.06. The van der Waals surface area contributed by atoms with E-state index >= 15 is 0 Å². The number of alkyl halides is 3. The third-order valence-electron chi connectivity index (χ3n) is 3.38. The summed E-state index contributed by atoms with van der Waals surface area (Å²) < 4.78 is 42.5. The average molecular weight is 288 g/mol. The molecule has 0 spiro atoms. The highest BCUT2D eigenvalue weighted by Crippen LogP contribution is 2.30. The number of pyridine rings is 1. The minimum Gasteiger partial charge on any atom is -0.469 e. The molecule has 2 rings (SSSR count). The molecular weight excluding hydrogens is 273 g/mol. The van der Waals surface area contributed by atoms with E-state index in [2.05, 4.69) is 9.72 Å². The Labute approximate surface area is 114 Å². The molecule has 7 heteroatoms. The van der Waals surface area contributed by atoms with Gasteiger partial charge >= 0.3 is 12.1 Å². The van der Waals surface area contributed by atoms with Crippen LogP contribution in [0.25, 0.3) is 0 Å². The van der Waals surface area contributed by atoms with Crippen LogP contribution in [0.2, 0.25) is 0 Å². The number of hydrogen-bond donors (Lipinski definition) is 0. The largest absolute Gasteiger partial charge is 0.469 e.